The Hall–Kier alpha value is -2.63. The summed E-state index contributed by atoms with van der Waals surface area (Å²) in [7, 11) is -1.40. The first kappa shape index (κ1) is 40.8. The Labute approximate surface area is 314 Å². The average molecular weight is 871 g/mol. The first-order valence-electron chi connectivity index (χ1n) is 18.1. The minimum absolute atomic E-state index is 0. The number of allylic oxidation sites excluding steroid dienone is 2. The van der Waals surface area contributed by atoms with E-state index in [9.17, 15) is 9.90 Å². The summed E-state index contributed by atoms with van der Waals surface area (Å²) in [6, 6.07) is 21.7. The van der Waals surface area contributed by atoms with Crippen LogP contribution in [0.15, 0.2) is 66.6 Å². The molecule has 0 atom stereocenters. The summed E-state index contributed by atoms with van der Waals surface area (Å²) in [6.07, 6.45) is 9.17. The molecule has 0 aliphatic heterocycles. The Morgan fingerprint density at radius 1 is 0.837 bits per heavy atom. The van der Waals surface area contributed by atoms with Crippen LogP contribution in [0.25, 0.3) is 42.2 Å². The number of aliphatic hydroxyl groups is 1. The number of carbonyl (C=O) groups excluding carboxylic acids is 1. The Morgan fingerprint density at radius 2 is 1.45 bits per heavy atom. The topological polar surface area (TPSA) is 50.2 Å². The van der Waals surface area contributed by atoms with Crippen molar-refractivity contribution in [2.24, 2.45) is 11.8 Å². The Bertz CT molecular complexity index is 1890. The first-order chi connectivity index (χ1) is 22.9. The zero-order valence-corrected chi connectivity index (χ0v) is 35.5. The van der Waals surface area contributed by atoms with Gasteiger partial charge in [0.1, 0.15) is 0 Å². The smallest absolute Gasteiger partial charge is 0.162 e. The zero-order valence-electron chi connectivity index (χ0n) is 31.3. The second kappa shape index (κ2) is 18.0. The number of aromatic nitrogens is 1. The number of pyridine rings is 1. The molecule has 0 saturated heterocycles. The van der Waals surface area contributed by atoms with Gasteiger partial charge in [-0.3, -0.25) is 9.78 Å². The molecule has 0 unspecified atom stereocenters. The van der Waals surface area contributed by atoms with E-state index in [0.717, 1.165) is 49.8 Å². The minimum atomic E-state index is -1.40. The molecule has 265 valence electrons. The number of rotatable bonds is 12. The molecule has 2 aromatic heterocycles. The second-order valence-electron chi connectivity index (χ2n) is 14.2. The number of benzene rings is 3. The summed E-state index contributed by atoms with van der Waals surface area (Å²) < 4.78 is 2.70. The summed E-state index contributed by atoms with van der Waals surface area (Å²) in [4.78, 5) is 16.6. The van der Waals surface area contributed by atoms with Gasteiger partial charge in [0.15, 0.2) is 5.78 Å². The Balaban J connectivity index is 0.000000347. The summed E-state index contributed by atoms with van der Waals surface area (Å²) >= 11 is 1.91. The molecule has 5 aromatic rings. The van der Waals surface area contributed by atoms with Gasteiger partial charge in [-0.2, -0.15) is 0 Å². The van der Waals surface area contributed by atoms with Gasteiger partial charge < -0.3 is 5.11 Å². The summed E-state index contributed by atoms with van der Waals surface area (Å²) in [6.45, 7) is 22.3. The normalized spacial score (nSPS) is 12.2. The number of carbonyl (C=O) groups is 1. The SMILES string of the molecule is CCC(CC)C(=O)/C=C(\O)C(CC)CC.CCC(CC)c1cc(-c2nccc3c2sc2c(C)c([Si](C)(C)C)ccc23)[c-]c2ccccc12.[Ir]. The molecule has 0 fully saturated rings. The number of hydrogen-bond donors (Lipinski definition) is 1. The van der Waals surface area contributed by atoms with Crippen LogP contribution in [0, 0.1) is 24.8 Å². The molecule has 0 spiro atoms. The Morgan fingerprint density at radius 3 is 2.04 bits per heavy atom. The molecule has 5 rings (SSSR count). The largest absolute Gasteiger partial charge is 0.512 e. The molecular weight excluding hydrogens is 815 g/mol. The van der Waals surface area contributed by atoms with E-state index in [0.29, 0.717) is 5.92 Å². The van der Waals surface area contributed by atoms with Crippen LogP contribution >= 0.6 is 11.3 Å². The fourth-order valence-corrected chi connectivity index (χ4v) is 10.4. The standard InChI is InChI=1S/C30H32NSSi.C13H24O2.Ir/c1-7-20(8-2)26-18-22(17-21-11-9-10-12-23(21)26)28-30-25(15-16-31-28)24-13-14-27(33(4,5)6)19(3)29(24)32-30;1-5-10(6-2)12(14)9-13(15)11(7-3)8-4;/h9-16,18,20H,7-8H2,1-6H3;9-11,14H,5-8H2,1-4H3;/q-1;;/b;12-9-;. The molecule has 0 amide bonds. The summed E-state index contributed by atoms with van der Waals surface area (Å²) in [5, 5.41) is 16.5. The van der Waals surface area contributed by atoms with Gasteiger partial charge in [0, 0.05) is 64.7 Å². The van der Waals surface area contributed by atoms with Crippen LogP contribution in [-0.2, 0) is 24.9 Å². The van der Waals surface area contributed by atoms with Crippen LogP contribution in [0.2, 0.25) is 19.6 Å². The fraction of sp³-hybridized carbons (Fsp3) is 0.442. The zero-order chi connectivity index (χ0) is 35.2. The van der Waals surface area contributed by atoms with Gasteiger partial charge in [-0.05, 0) is 55.5 Å². The third kappa shape index (κ3) is 9.00. The van der Waals surface area contributed by atoms with Crippen LogP contribution in [0.5, 0.6) is 0 Å². The van der Waals surface area contributed by atoms with Gasteiger partial charge in [-0.1, -0.05) is 120 Å². The van der Waals surface area contributed by atoms with Crippen LogP contribution in [0.4, 0.5) is 0 Å². The number of hydrogen-bond acceptors (Lipinski definition) is 4. The predicted octanol–water partition coefficient (Wildman–Crippen LogP) is 12.7. The van der Waals surface area contributed by atoms with Crippen molar-refractivity contribution >= 4 is 61.3 Å². The van der Waals surface area contributed by atoms with Gasteiger partial charge in [-0.25, -0.2) is 0 Å². The number of nitrogens with zero attached hydrogens (tertiary/aromatic N) is 1. The Kier molecular flexibility index (Phi) is 15.0. The third-order valence-electron chi connectivity index (χ3n) is 10.2. The molecular formula is C43H56IrNO2SSi-. The maximum absolute atomic E-state index is 11.7. The van der Waals surface area contributed by atoms with Crippen molar-refractivity contribution in [3.8, 4) is 11.3 Å². The molecule has 1 N–H and O–H groups in total. The first-order valence-corrected chi connectivity index (χ1v) is 22.5. The average Bonchev–Trinajstić information content (AvgIpc) is 3.46. The fourth-order valence-electron chi connectivity index (χ4n) is 7.14. The van der Waals surface area contributed by atoms with Gasteiger partial charge >= 0.3 is 0 Å². The van der Waals surface area contributed by atoms with Crippen molar-refractivity contribution in [3.63, 3.8) is 0 Å². The molecule has 49 heavy (non-hydrogen) atoms. The maximum Gasteiger partial charge on any atom is 0.162 e. The second-order valence-corrected chi connectivity index (χ2v) is 20.3. The molecule has 0 bridgehead atoms. The van der Waals surface area contributed by atoms with Crippen molar-refractivity contribution < 1.29 is 30.0 Å². The predicted molar refractivity (Wildman–Crippen MR) is 214 cm³/mol. The van der Waals surface area contributed by atoms with E-state index in [1.54, 1.807) is 5.19 Å². The van der Waals surface area contributed by atoms with E-state index >= 15 is 0 Å². The maximum atomic E-state index is 11.7. The van der Waals surface area contributed by atoms with Gasteiger partial charge in [0.05, 0.1) is 13.8 Å². The molecule has 6 heteroatoms. The van der Waals surface area contributed by atoms with Crippen molar-refractivity contribution in [2.75, 3.05) is 0 Å². The van der Waals surface area contributed by atoms with E-state index in [4.69, 9.17) is 4.98 Å². The van der Waals surface area contributed by atoms with Crippen molar-refractivity contribution in [2.45, 2.75) is 113 Å². The number of thiophene rings is 1. The minimum Gasteiger partial charge on any atom is -0.512 e. The quantitative estimate of drug-likeness (QED) is 0.0588. The van der Waals surface area contributed by atoms with Gasteiger partial charge in [0.25, 0.3) is 0 Å². The van der Waals surface area contributed by atoms with Crippen LogP contribution in [-0.4, -0.2) is 23.9 Å². The van der Waals surface area contributed by atoms with E-state index in [1.165, 1.54) is 48.1 Å². The van der Waals surface area contributed by atoms with Crippen LogP contribution in [0.3, 0.4) is 0 Å². The van der Waals surface area contributed by atoms with Gasteiger partial charge in [-0.15, -0.1) is 40.5 Å². The van der Waals surface area contributed by atoms with E-state index in [2.05, 4.69) is 95.0 Å². The third-order valence-corrected chi connectivity index (χ3v) is 13.7. The molecule has 3 aromatic carbocycles. The molecule has 3 nitrogen and oxygen atoms in total. The van der Waals surface area contributed by atoms with E-state index in [1.807, 2.05) is 45.2 Å². The summed E-state index contributed by atoms with van der Waals surface area (Å²) in [5.41, 5.74) is 5.08. The van der Waals surface area contributed by atoms with Gasteiger partial charge in [0.2, 0.25) is 0 Å². The molecule has 2 heterocycles. The van der Waals surface area contributed by atoms with Crippen LogP contribution < -0.4 is 5.19 Å². The number of ketones is 1. The van der Waals surface area contributed by atoms with Crippen molar-refractivity contribution in [1.29, 1.82) is 0 Å². The van der Waals surface area contributed by atoms with Crippen LogP contribution in [0.1, 0.15) is 97.1 Å². The van der Waals surface area contributed by atoms with Crippen molar-refractivity contribution in [1.82, 2.24) is 4.98 Å². The van der Waals surface area contributed by atoms with Crippen molar-refractivity contribution in [3.05, 3.63) is 83.8 Å². The number of aliphatic hydroxyl groups excluding tert-OH is 1. The monoisotopic (exact) mass is 871 g/mol. The molecule has 0 aliphatic rings. The number of aryl methyl sites for hydroxylation is 1. The summed E-state index contributed by atoms with van der Waals surface area (Å²) in [5.74, 6) is 1.09. The molecule has 1 radical (unpaired) electrons. The van der Waals surface area contributed by atoms with E-state index in [-0.39, 0.29) is 43.5 Å². The molecule has 0 aliphatic carbocycles. The number of fused-ring (bicyclic) bond motifs is 4. The molecule has 0 saturated carbocycles. The van der Waals surface area contributed by atoms with E-state index < -0.39 is 8.07 Å².